The first-order valence-electron chi connectivity index (χ1n) is 7.12. The molecule has 0 aromatic heterocycles. The van der Waals surface area contributed by atoms with Gasteiger partial charge in [-0.2, -0.15) is 0 Å². The summed E-state index contributed by atoms with van der Waals surface area (Å²) in [5.41, 5.74) is 3.32. The van der Waals surface area contributed by atoms with E-state index in [9.17, 15) is 0 Å². The van der Waals surface area contributed by atoms with E-state index >= 15 is 0 Å². The van der Waals surface area contributed by atoms with Crippen LogP contribution >= 0.6 is 0 Å². The minimum absolute atomic E-state index is 0.0915. The van der Waals surface area contributed by atoms with E-state index in [0.29, 0.717) is 0 Å². The summed E-state index contributed by atoms with van der Waals surface area (Å²) in [6.45, 7) is 9.76. The Balaban J connectivity index is 2.30. The quantitative estimate of drug-likeness (QED) is 0.553. The van der Waals surface area contributed by atoms with Crippen molar-refractivity contribution in [1.29, 1.82) is 0 Å². The Kier molecular flexibility index (Phi) is 5.20. The third-order valence-electron chi connectivity index (χ3n) is 3.93. The molecule has 96 valence electrons. The van der Waals surface area contributed by atoms with Gasteiger partial charge in [0, 0.05) is 0 Å². The molecule has 0 unspecified atom stereocenters. The van der Waals surface area contributed by atoms with Crippen molar-refractivity contribution in [2.24, 2.45) is 0 Å². The van der Waals surface area contributed by atoms with E-state index in [0.717, 1.165) is 0 Å². The van der Waals surface area contributed by atoms with Gasteiger partial charge in [-0.3, -0.25) is 0 Å². The summed E-state index contributed by atoms with van der Waals surface area (Å²) >= 11 is -1.63. The predicted octanol–water partition coefficient (Wildman–Crippen LogP) is 5.10. The van der Waals surface area contributed by atoms with E-state index in [2.05, 4.69) is 51.2 Å². The number of hydrogen-bond acceptors (Lipinski definition) is 0. The molecular weight excluding hydrogens is 399 g/mol. The van der Waals surface area contributed by atoms with Gasteiger partial charge in [0.2, 0.25) is 0 Å². The summed E-state index contributed by atoms with van der Waals surface area (Å²) in [6, 6.07) is 0. The van der Waals surface area contributed by atoms with Crippen LogP contribution in [0.5, 0.6) is 0 Å². The van der Waals surface area contributed by atoms with Gasteiger partial charge in [-0.05, 0) is 0 Å². The zero-order valence-electron chi connectivity index (χ0n) is 12.1. The summed E-state index contributed by atoms with van der Waals surface area (Å²) in [5, 5.41) is 0. The van der Waals surface area contributed by atoms with E-state index in [-0.39, 0.29) is 5.49 Å². The van der Waals surface area contributed by atoms with E-state index in [1.165, 1.54) is 25.7 Å². The fourth-order valence-corrected chi connectivity index (χ4v) is 27.1. The summed E-state index contributed by atoms with van der Waals surface area (Å²) < 4.78 is 3.79. The van der Waals surface area contributed by atoms with Crippen LogP contribution in [0.15, 0.2) is 42.1 Å². The van der Waals surface area contributed by atoms with Crippen molar-refractivity contribution >= 4 is 5.49 Å². The second-order valence-corrected chi connectivity index (χ2v) is 29.6. The Bertz CT molecular complexity index is 497. The number of allylic oxidation sites excluding steroid dienone is 8. The van der Waals surface area contributed by atoms with Crippen LogP contribution in [0.2, 0.25) is 13.1 Å². The number of rotatable bonds is 4. The van der Waals surface area contributed by atoms with Crippen LogP contribution in [-0.2, 0) is 20.1 Å². The third-order valence-corrected chi connectivity index (χ3v) is 28.1. The monoisotopic (exact) mass is 424 g/mol. The molecule has 0 fully saturated rings. The first-order valence-corrected chi connectivity index (χ1v) is 18.6. The van der Waals surface area contributed by atoms with Crippen molar-refractivity contribution in [2.75, 3.05) is 0 Å². The molecular formula is C16H24HfSi. The molecule has 2 aliphatic rings. The molecule has 0 radical (unpaired) electrons. The van der Waals surface area contributed by atoms with Crippen LogP contribution < -0.4 is 0 Å². The van der Waals surface area contributed by atoms with Gasteiger partial charge in [-0.1, -0.05) is 0 Å². The topological polar surface area (TPSA) is 0 Å². The molecule has 18 heavy (non-hydrogen) atoms. The van der Waals surface area contributed by atoms with Crippen LogP contribution in [0.4, 0.5) is 0 Å². The van der Waals surface area contributed by atoms with Gasteiger partial charge >= 0.3 is 120 Å². The summed E-state index contributed by atoms with van der Waals surface area (Å²) in [7, 11) is 0. The second-order valence-electron chi connectivity index (χ2n) is 5.38. The van der Waals surface area contributed by atoms with E-state index in [4.69, 9.17) is 0 Å². The Hall–Kier alpha value is 0.0470. The predicted molar refractivity (Wildman–Crippen MR) is 79.6 cm³/mol. The number of hydrogen-bond donors (Lipinski definition) is 0. The Morgan fingerprint density at radius 3 is 2.39 bits per heavy atom. The SMILES string of the molecule is CCC1=C(CC)C[C]([Hf]([C]2=CC=CC2)=[Si](C)C)=C1. The van der Waals surface area contributed by atoms with Crippen LogP contribution in [-0.4, -0.2) is 5.49 Å². The molecule has 2 heteroatoms. The Labute approximate surface area is 120 Å². The Morgan fingerprint density at radius 1 is 1.17 bits per heavy atom. The van der Waals surface area contributed by atoms with Crippen molar-refractivity contribution in [3.63, 3.8) is 0 Å². The summed E-state index contributed by atoms with van der Waals surface area (Å²) in [5.74, 6) is 0. The molecule has 0 N–H and O–H groups in total. The van der Waals surface area contributed by atoms with Gasteiger partial charge in [0.05, 0.1) is 0 Å². The standard InChI is InChI=1S/C9H13.C5H5.C2H6Si.Hf/c1-3-8-6-5-7-9(8)4-2;1-2-4-5-3-1;1-3-2;/h6H,3-4,7H2,1-2H3;1-3H,4H2;1-2H3;. The Morgan fingerprint density at radius 2 is 1.94 bits per heavy atom. The molecule has 0 nitrogen and oxygen atoms in total. The van der Waals surface area contributed by atoms with Crippen molar-refractivity contribution in [2.45, 2.75) is 52.6 Å². The summed E-state index contributed by atoms with van der Waals surface area (Å²) in [4.78, 5) is 0. The first-order chi connectivity index (χ1) is 8.67. The molecule has 0 bridgehead atoms. The fraction of sp³-hybridized carbons (Fsp3) is 0.500. The molecule has 2 aliphatic carbocycles. The van der Waals surface area contributed by atoms with E-state index in [1.807, 2.05) is 6.66 Å². The zero-order chi connectivity index (χ0) is 13.1. The second kappa shape index (κ2) is 6.47. The molecule has 0 amide bonds. The molecule has 0 heterocycles. The van der Waals surface area contributed by atoms with Gasteiger partial charge in [-0.25, -0.2) is 0 Å². The van der Waals surface area contributed by atoms with E-state index in [1.54, 1.807) is 11.1 Å². The molecule has 0 spiro atoms. The molecule has 0 saturated heterocycles. The molecule has 0 aromatic rings. The van der Waals surface area contributed by atoms with Crippen molar-refractivity contribution in [3.8, 4) is 0 Å². The molecule has 0 atom stereocenters. The van der Waals surface area contributed by atoms with Gasteiger partial charge in [0.1, 0.15) is 0 Å². The fourth-order valence-electron chi connectivity index (χ4n) is 3.05. The maximum absolute atomic E-state index is 2.62. The van der Waals surface area contributed by atoms with Crippen molar-refractivity contribution in [3.05, 3.63) is 42.1 Å². The van der Waals surface area contributed by atoms with Gasteiger partial charge < -0.3 is 0 Å². The van der Waals surface area contributed by atoms with Gasteiger partial charge in [0.25, 0.3) is 0 Å². The van der Waals surface area contributed by atoms with Crippen LogP contribution in [0.1, 0.15) is 39.5 Å². The van der Waals surface area contributed by atoms with Crippen LogP contribution in [0, 0.1) is 0 Å². The van der Waals surface area contributed by atoms with Crippen molar-refractivity contribution in [1.82, 2.24) is 0 Å². The molecule has 0 aromatic carbocycles. The zero-order valence-corrected chi connectivity index (χ0v) is 16.7. The molecule has 2 rings (SSSR count). The molecule has 0 aliphatic heterocycles. The normalized spacial score (nSPS) is 18.2. The first kappa shape index (κ1) is 14.5. The average Bonchev–Trinajstić information content (AvgIpc) is 2.98. The molecule has 0 saturated carbocycles. The van der Waals surface area contributed by atoms with Crippen molar-refractivity contribution < 1.29 is 20.1 Å². The van der Waals surface area contributed by atoms with Gasteiger partial charge in [-0.15, -0.1) is 0 Å². The summed E-state index contributed by atoms with van der Waals surface area (Å²) in [6.07, 6.45) is 14.8. The van der Waals surface area contributed by atoms with E-state index < -0.39 is 20.1 Å². The minimum atomic E-state index is -1.63. The van der Waals surface area contributed by atoms with Gasteiger partial charge in [0.15, 0.2) is 0 Å². The maximum atomic E-state index is 2.62. The third kappa shape index (κ3) is 2.96. The van der Waals surface area contributed by atoms with Crippen LogP contribution in [0.25, 0.3) is 0 Å². The van der Waals surface area contributed by atoms with Crippen LogP contribution in [0.3, 0.4) is 0 Å². The average molecular weight is 423 g/mol.